The Bertz CT molecular complexity index is 537. The Kier molecular flexibility index (Phi) is 3.99. The Balaban J connectivity index is 1.82. The zero-order valence-electron chi connectivity index (χ0n) is 11.4. The summed E-state index contributed by atoms with van der Waals surface area (Å²) in [7, 11) is 0. The van der Waals surface area contributed by atoms with Crippen LogP contribution in [0.15, 0.2) is 23.7 Å². The van der Waals surface area contributed by atoms with Gasteiger partial charge in [0.1, 0.15) is 0 Å². The van der Waals surface area contributed by atoms with Gasteiger partial charge in [0.25, 0.3) is 0 Å². The van der Waals surface area contributed by atoms with E-state index >= 15 is 0 Å². The van der Waals surface area contributed by atoms with Gasteiger partial charge in [0.05, 0.1) is 15.7 Å². The van der Waals surface area contributed by atoms with Gasteiger partial charge in [-0.2, -0.15) is 0 Å². The van der Waals surface area contributed by atoms with Crippen molar-refractivity contribution in [2.75, 3.05) is 24.5 Å². The van der Waals surface area contributed by atoms with Crippen molar-refractivity contribution >= 4 is 27.2 Å². The van der Waals surface area contributed by atoms with Gasteiger partial charge in [-0.25, -0.2) is 4.98 Å². The van der Waals surface area contributed by atoms with Crippen molar-refractivity contribution in [3.63, 3.8) is 0 Å². The molecule has 3 rings (SSSR count). The normalized spacial score (nSPS) is 20.7. The van der Waals surface area contributed by atoms with Crippen LogP contribution in [0.2, 0.25) is 0 Å². The highest BCUT2D eigenvalue weighted by molar-refractivity contribution is 7.16. The number of nitrogens with zero attached hydrogens (tertiary/aromatic N) is 2. The van der Waals surface area contributed by atoms with Gasteiger partial charge in [-0.05, 0) is 37.6 Å². The summed E-state index contributed by atoms with van der Waals surface area (Å²) >= 11 is 1.73. The van der Waals surface area contributed by atoms with Crippen molar-refractivity contribution in [2.45, 2.75) is 32.2 Å². The van der Waals surface area contributed by atoms with Crippen LogP contribution in [0.3, 0.4) is 0 Å². The van der Waals surface area contributed by atoms with E-state index in [1.54, 1.807) is 11.3 Å². The maximum atomic E-state index is 4.36. The Labute approximate surface area is 118 Å². The maximum Gasteiger partial charge on any atom is 0.0813 e. The summed E-state index contributed by atoms with van der Waals surface area (Å²) in [5, 5.41) is 3.66. The molecule has 0 radical (unpaired) electrons. The van der Waals surface area contributed by atoms with Gasteiger partial charge >= 0.3 is 0 Å². The second-order valence-electron chi connectivity index (χ2n) is 5.24. The lowest BCUT2D eigenvalue weighted by molar-refractivity contribution is 0.503. The van der Waals surface area contributed by atoms with Crippen LogP contribution in [0.5, 0.6) is 0 Å². The molecule has 1 aliphatic heterocycles. The van der Waals surface area contributed by atoms with Gasteiger partial charge in [-0.15, -0.1) is 11.3 Å². The average Bonchev–Trinajstić information content (AvgIpc) is 2.77. The van der Waals surface area contributed by atoms with Crippen LogP contribution in [0.25, 0.3) is 10.2 Å². The zero-order chi connectivity index (χ0) is 13.1. The first kappa shape index (κ1) is 12.9. The Morgan fingerprint density at radius 3 is 3.32 bits per heavy atom. The highest BCUT2D eigenvalue weighted by Crippen LogP contribution is 2.25. The monoisotopic (exact) mass is 275 g/mol. The summed E-state index contributed by atoms with van der Waals surface area (Å²) in [6.07, 6.45) is 3.74. The SMILES string of the molecule is CCCC1CN(c2ccc3ncsc3c2)CCCN1. The fourth-order valence-electron chi connectivity index (χ4n) is 2.81. The lowest BCUT2D eigenvalue weighted by Gasteiger charge is -2.26. The van der Waals surface area contributed by atoms with E-state index in [-0.39, 0.29) is 0 Å². The van der Waals surface area contributed by atoms with Gasteiger partial charge in [-0.1, -0.05) is 13.3 Å². The fraction of sp³-hybridized carbons (Fsp3) is 0.533. The second-order valence-corrected chi connectivity index (χ2v) is 6.13. The molecule has 4 heteroatoms. The lowest BCUT2D eigenvalue weighted by atomic mass is 10.1. The molecule has 0 saturated carbocycles. The first-order chi connectivity index (χ1) is 9.36. The summed E-state index contributed by atoms with van der Waals surface area (Å²) in [6.45, 7) is 5.68. The summed E-state index contributed by atoms with van der Waals surface area (Å²) in [5.41, 5.74) is 4.39. The molecule has 1 aromatic heterocycles. The van der Waals surface area contributed by atoms with E-state index < -0.39 is 0 Å². The first-order valence-electron chi connectivity index (χ1n) is 7.18. The van der Waals surface area contributed by atoms with Gasteiger partial charge in [0, 0.05) is 24.8 Å². The van der Waals surface area contributed by atoms with E-state index in [0.29, 0.717) is 6.04 Å². The van der Waals surface area contributed by atoms with E-state index in [2.05, 4.69) is 40.3 Å². The van der Waals surface area contributed by atoms with E-state index in [9.17, 15) is 0 Å². The van der Waals surface area contributed by atoms with E-state index in [1.165, 1.54) is 29.6 Å². The zero-order valence-corrected chi connectivity index (χ0v) is 12.2. The molecule has 1 saturated heterocycles. The van der Waals surface area contributed by atoms with Crippen molar-refractivity contribution in [1.82, 2.24) is 10.3 Å². The van der Waals surface area contributed by atoms with E-state index in [4.69, 9.17) is 0 Å². The van der Waals surface area contributed by atoms with Crippen LogP contribution < -0.4 is 10.2 Å². The molecule has 0 spiro atoms. The molecule has 1 unspecified atom stereocenters. The quantitative estimate of drug-likeness (QED) is 0.932. The molecule has 1 aromatic carbocycles. The summed E-state index contributed by atoms with van der Waals surface area (Å²) in [4.78, 5) is 6.88. The minimum Gasteiger partial charge on any atom is -0.370 e. The van der Waals surface area contributed by atoms with E-state index in [1.807, 2.05) is 5.51 Å². The third kappa shape index (κ3) is 2.90. The number of aromatic nitrogens is 1. The third-order valence-corrected chi connectivity index (χ3v) is 4.59. The number of rotatable bonds is 3. The highest BCUT2D eigenvalue weighted by Gasteiger charge is 2.17. The van der Waals surface area contributed by atoms with Crippen molar-refractivity contribution < 1.29 is 0 Å². The summed E-state index contributed by atoms with van der Waals surface area (Å²) in [5.74, 6) is 0. The predicted octanol–water partition coefficient (Wildman–Crippen LogP) is 3.26. The number of benzene rings is 1. The third-order valence-electron chi connectivity index (χ3n) is 3.80. The molecule has 2 heterocycles. The topological polar surface area (TPSA) is 28.2 Å². The average molecular weight is 275 g/mol. The first-order valence-corrected chi connectivity index (χ1v) is 8.06. The van der Waals surface area contributed by atoms with E-state index in [0.717, 1.165) is 25.2 Å². The number of hydrogen-bond acceptors (Lipinski definition) is 4. The standard InChI is InChI=1S/C15H21N3S/c1-2-4-12-10-18(8-3-7-16-12)13-5-6-14-15(9-13)19-11-17-14/h5-6,9,11-12,16H,2-4,7-8,10H2,1H3. The van der Waals surface area contributed by atoms with Crippen molar-refractivity contribution in [1.29, 1.82) is 0 Å². The smallest absolute Gasteiger partial charge is 0.0813 e. The molecule has 0 amide bonds. The molecule has 0 bridgehead atoms. The van der Waals surface area contributed by atoms with Crippen LogP contribution in [-0.4, -0.2) is 30.7 Å². The van der Waals surface area contributed by atoms with Gasteiger partial charge < -0.3 is 10.2 Å². The minimum absolute atomic E-state index is 0.629. The molecule has 1 atom stereocenters. The van der Waals surface area contributed by atoms with Crippen LogP contribution in [0.4, 0.5) is 5.69 Å². The molecule has 3 nitrogen and oxygen atoms in total. The van der Waals surface area contributed by atoms with Crippen molar-refractivity contribution in [3.05, 3.63) is 23.7 Å². The number of hydrogen-bond donors (Lipinski definition) is 1. The number of anilines is 1. The van der Waals surface area contributed by atoms with Gasteiger partial charge in [-0.3, -0.25) is 0 Å². The van der Waals surface area contributed by atoms with Gasteiger partial charge in [0.2, 0.25) is 0 Å². The minimum atomic E-state index is 0.629. The van der Waals surface area contributed by atoms with Crippen molar-refractivity contribution in [3.8, 4) is 0 Å². The van der Waals surface area contributed by atoms with Crippen LogP contribution in [0.1, 0.15) is 26.2 Å². The summed E-state index contributed by atoms with van der Waals surface area (Å²) in [6, 6.07) is 7.29. The van der Waals surface area contributed by atoms with Crippen LogP contribution in [-0.2, 0) is 0 Å². The molecule has 1 N–H and O–H groups in total. The van der Waals surface area contributed by atoms with Crippen molar-refractivity contribution in [2.24, 2.45) is 0 Å². The Morgan fingerprint density at radius 1 is 1.47 bits per heavy atom. The predicted molar refractivity (Wildman–Crippen MR) is 83.1 cm³/mol. The molecule has 1 aliphatic rings. The molecule has 19 heavy (non-hydrogen) atoms. The summed E-state index contributed by atoms with van der Waals surface area (Å²) < 4.78 is 1.29. The molecule has 102 valence electrons. The molecule has 2 aromatic rings. The molecule has 0 aliphatic carbocycles. The molecule has 1 fully saturated rings. The largest absolute Gasteiger partial charge is 0.370 e. The highest BCUT2D eigenvalue weighted by atomic mass is 32.1. The Morgan fingerprint density at radius 2 is 2.42 bits per heavy atom. The molecular weight excluding hydrogens is 254 g/mol. The number of nitrogens with one attached hydrogen (secondary N) is 1. The Hall–Kier alpha value is -1.13. The second kappa shape index (κ2) is 5.88. The van der Waals surface area contributed by atoms with Gasteiger partial charge in [0.15, 0.2) is 0 Å². The molecular formula is C15H21N3S. The lowest BCUT2D eigenvalue weighted by Crippen LogP contribution is -2.37. The number of thiazole rings is 1. The maximum absolute atomic E-state index is 4.36. The van der Waals surface area contributed by atoms with Crippen LogP contribution >= 0.6 is 11.3 Å². The number of fused-ring (bicyclic) bond motifs is 1. The fourth-order valence-corrected chi connectivity index (χ4v) is 3.52. The van der Waals surface area contributed by atoms with Crippen LogP contribution in [0, 0.1) is 0 Å².